The molecule has 1 aliphatic rings. The van der Waals surface area contributed by atoms with Crippen LogP contribution in [0.1, 0.15) is 50.1 Å². The Morgan fingerprint density at radius 3 is 2.84 bits per heavy atom. The maximum Gasteiger partial charge on any atom is 0.242 e. The second kappa shape index (κ2) is 10.8. The van der Waals surface area contributed by atoms with E-state index in [1.165, 1.54) is 17.0 Å². The van der Waals surface area contributed by atoms with Crippen molar-refractivity contribution in [1.82, 2.24) is 9.80 Å². The third kappa shape index (κ3) is 6.06. The Kier molecular flexibility index (Phi) is 8.07. The molecule has 7 heteroatoms. The van der Waals surface area contributed by atoms with Crippen molar-refractivity contribution in [2.75, 3.05) is 26.2 Å². The van der Waals surface area contributed by atoms with Gasteiger partial charge in [0.25, 0.3) is 0 Å². The zero-order valence-corrected chi connectivity index (χ0v) is 19.3. The van der Waals surface area contributed by atoms with Crippen LogP contribution in [-0.2, 0) is 16.0 Å². The number of ether oxygens (including phenoxy) is 1. The molecule has 0 fully saturated rings. The Balaban J connectivity index is 1.75. The topological polar surface area (TPSA) is 49.9 Å². The summed E-state index contributed by atoms with van der Waals surface area (Å²) in [5.41, 5.74) is 1.08. The first kappa shape index (κ1) is 23.3. The van der Waals surface area contributed by atoms with E-state index >= 15 is 0 Å². The number of nitrogens with zero attached hydrogens (tertiary/aromatic N) is 2. The van der Waals surface area contributed by atoms with Crippen molar-refractivity contribution in [3.8, 4) is 5.75 Å². The molecule has 0 aliphatic carbocycles. The second-order valence-electron chi connectivity index (χ2n) is 8.33. The molecule has 0 N–H and O–H groups in total. The Morgan fingerprint density at radius 2 is 2.13 bits per heavy atom. The molecule has 2 aromatic rings. The molecule has 168 valence electrons. The summed E-state index contributed by atoms with van der Waals surface area (Å²) < 4.78 is 19.4. The average molecular weight is 447 g/mol. The van der Waals surface area contributed by atoms with Crippen molar-refractivity contribution >= 4 is 23.2 Å². The van der Waals surface area contributed by atoms with Crippen LogP contribution in [0.4, 0.5) is 4.39 Å². The van der Waals surface area contributed by atoms with E-state index in [0.717, 1.165) is 18.4 Å². The minimum absolute atomic E-state index is 0.0194. The summed E-state index contributed by atoms with van der Waals surface area (Å²) >= 11 is 1.68. The highest BCUT2D eigenvalue weighted by molar-refractivity contribution is 7.10. The van der Waals surface area contributed by atoms with Gasteiger partial charge in [0.05, 0.1) is 12.6 Å². The first-order chi connectivity index (χ1) is 14.9. The molecular weight excluding hydrogens is 415 g/mol. The predicted molar refractivity (Wildman–Crippen MR) is 121 cm³/mol. The average Bonchev–Trinajstić information content (AvgIpc) is 3.20. The van der Waals surface area contributed by atoms with Gasteiger partial charge in [0.15, 0.2) is 0 Å². The van der Waals surface area contributed by atoms with Gasteiger partial charge in [-0.1, -0.05) is 26.8 Å². The van der Waals surface area contributed by atoms with Crippen molar-refractivity contribution in [1.29, 1.82) is 0 Å². The minimum atomic E-state index is -0.357. The molecule has 0 saturated heterocycles. The van der Waals surface area contributed by atoms with Crippen LogP contribution in [0.5, 0.6) is 5.75 Å². The predicted octanol–water partition coefficient (Wildman–Crippen LogP) is 4.68. The van der Waals surface area contributed by atoms with E-state index in [4.69, 9.17) is 4.74 Å². The number of amides is 2. The zero-order valence-electron chi connectivity index (χ0n) is 18.5. The quantitative estimate of drug-likeness (QED) is 0.562. The molecule has 2 heterocycles. The number of thiophene rings is 1. The van der Waals surface area contributed by atoms with Crippen molar-refractivity contribution < 1.29 is 18.7 Å². The van der Waals surface area contributed by atoms with E-state index in [-0.39, 0.29) is 42.7 Å². The molecule has 0 saturated carbocycles. The number of carbonyl (C=O) groups is 2. The highest BCUT2D eigenvalue weighted by atomic mass is 32.1. The van der Waals surface area contributed by atoms with E-state index in [9.17, 15) is 14.0 Å². The fraction of sp³-hybridized carbons (Fsp3) is 0.500. The molecule has 1 aliphatic heterocycles. The lowest BCUT2D eigenvalue weighted by molar-refractivity contribution is -0.143. The molecule has 1 aromatic heterocycles. The Hall–Kier alpha value is -2.41. The van der Waals surface area contributed by atoms with Crippen LogP contribution < -0.4 is 4.74 Å². The standard InChI is InChI=1S/C24H31FN2O3S/c1-4-10-26(23(28)13-17(2)3)15-24(29)27-11-8-22-20(9-12-31-22)21(27)16-30-19-7-5-6-18(25)14-19/h5-7,9,12,14,17,21H,4,8,10-11,13,15-16H2,1-3H3. The van der Waals surface area contributed by atoms with Crippen molar-refractivity contribution in [2.45, 2.75) is 46.1 Å². The van der Waals surface area contributed by atoms with Crippen LogP contribution in [0.25, 0.3) is 0 Å². The smallest absolute Gasteiger partial charge is 0.242 e. The molecule has 0 bridgehead atoms. The number of rotatable bonds is 9. The highest BCUT2D eigenvalue weighted by Crippen LogP contribution is 2.34. The van der Waals surface area contributed by atoms with Crippen LogP contribution in [0.15, 0.2) is 35.7 Å². The second-order valence-corrected chi connectivity index (χ2v) is 9.33. The molecule has 2 amide bonds. The van der Waals surface area contributed by atoms with E-state index in [1.807, 2.05) is 37.1 Å². The van der Waals surface area contributed by atoms with Gasteiger partial charge in [-0.05, 0) is 47.9 Å². The van der Waals surface area contributed by atoms with E-state index < -0.39 is 0 Å². The Labute approximate surface area is 187 Å². The van der Waals surface area contributed by atoms with Crippen molar-refractivity contribution in [3.63, 3.8) is 0 Å². The van der Waals surface area contributed by atoms with Crippen LogP contribution in [-0.4, -0.2) is 47.9 Å². The Morgan fingerprint density at radius 1 is 1.32 bits per heavy atom. The lowest BCUT2D eigenvalue weighted by Gasteiger charge is -2.37. The van der Waals surface area contributed by atoms with Gasteiger partial charge < -0.3 is 14.5 Å². The first-order valence-electron chi connectivity index (χ1n) is 10.9. The zero-order chi connectivity index (χ0) is 22.4. The molecule has 0 spiro atoms. The normalized spacial score (nSPS) is 15.6. The number of hydrogen-bond donors (Lipinski definition) is 0. The van der Waals surface area contributed by atoms with E-state index in [1.54, 1.807) is 28.4 Å². The fourth-order valence-corrected chi connectivity index (χ4v) is 4.83. The van der Waals surface area contributed by atoms with Gasteiger partial charge in [-0.15, -0.1) is 11.3 Å². The number of hydrogen-bond acceptors (Lipinski definition) is 4. The molecule has 5 nitrogen and oxygen atoms in total. The number of fused-ring (bicyclic) bond motifs is 1. The van der Waals surface area contributed by atoms with E-state index in [0.29, 0.717) is 25.3 Å². The summed E-state index contributed by atoms with van der Waals surface area (Å²) in [5, 5.41) is 2.03. The lowest BCUT2D eigenvalue weighted by Crippen LogP contribution is -2.48. The maximum absolute atomic E-state index is 13.5. The van der Waals surface area contributed by atoms with E-state index in [2.05, 4.69) is 0 Å². The minimum Gasteiger partial charge on any atom is -0.491 e. The molecule has 0 radical (unpaired) electrons. The van der Waals surface area contributed by atoms with Crippen LogP contribution >= 0.6 is 11.3 Å². The summed E-state index contributed by atoms with van der Waals surface area (Å²) in [6.07, 6.45) is 2.04. The molecule has 1 unspecified atom stereocenters. The van der Waals surface area contributed by atoms with Crippen LogP contribution in [0.2, 0.25) is 0 Å². The molecule has 3 rings (SSSR count). The monoisotopic (exact) mass is 446 g/mol. The Bertz CT molecular complexity index is 898. The van der Waals surface area contributed by atoms with Gasteiger partial charge in [-0.3, -0.25) is 9.59 Å². The van der Waals surface area contributed by atoms with Crippen molar-refractivity contribution in [2.24, 2.45) is 5.92 Å². The van der Waals surface area contributed by atoms with Crippen molar-refractivity contribution in [3.05, 3.63) is 52.0 Å². The van der Waals surface area contributed by atoms with Gasteiger partial charge in [0.2, 0.25) is 11.8 Å². The molecule has 31 heavy (non-hydrogen) atoms. The summed E-state index contributed by atoms with van der Waals surface area (Å²) in [5.74, 6) is 0.276. The molecular formula is C24H31FN2O3S. The summed E-state index contributed by atoms with van der Waals surface area (Å²) in [6, 6.07) is 7.81. The van der Waals surface area contributed by atoms with Gasteiger partial charge in [-0.2, -0.15) is 0 Å². The summed E-state index contributed by atoms with van der Waals surface area (Å²) in [6.45, 7) is 7.50. The SMILES string of the molecule is CCCN(CC(=O)N1CCc2sccc2C1COc1cccc(F)c1)C(=O)CC(C)C. The number of benzene rings is 1. The number of carbonyl (C=O) groups excluding carboxylic acids is 2. The van der Waals surface area contributed by atoms with Crippen LogP contribution in [0, 0.1) is 11.7 Å². The third-order valence-corrected chi connectivity index (χ3v) is 6.37. The van der Waals surface area contributed by atoms with Gasteiger partial charge >= 0.3 is 0 Å². The largest absolute Gasteiger partial charge is 0.491 e. The summed E-state index contributed by atoms with van der Waals surface area (Å²) in [7, 11) is 0. The van der Waals surface area contributed by atoms with Gasteiger partial charge in [0.1, 0.15) is 18.2 Å². The third-order valence-electron chi connectivity index (χ3n) is 5.37. The van der Waals surface area contributed by atoms with Gasteiger partial charge in [0, 0.05) is 30.5 Å². The fourth-order valence-electron chi connectivity index (χ4n) is 3.90. The highest BCUT2D eigenvalue weighted by Gasteiger charge is 2.33. The number of halogens is 1. The van der Waals surface area contributed by atoms with Crippen LogP contribution in [0.3, 0.4) is 0 Å². The molecule has 1 atom stereocenters. The molecule has 1 aromatic carbocycles. The maximum atomic E-state index is 13.5. The lowest BCUT2D eigenvalue weighted by atomic mass is 10.00. The first-order valence-corrected chi connectivity index (χ1v) is 11.8. The summed E-state index contributed by atoms with van der Waals surface area (Å²) in [4.78, 5) is 30.7. The van der Waals surface area contributed by atoms with Gasteiger partial charge in [-0.25, -0.2) is 4.39 Å².